The van der Waals surface area contributed by atoms with Crippen molar-refractivity contribution >= 4 is 34.4 Å². The van der Waals surface area contributed by atoms with Gasteiger partial charge in [0.25, 0.3) is 0 Å². The van der Waals surface area contributed by atoms with E-state index in [-0.39, 0.29) is 0 Å². The summed E-state index contributed by atoms with van der Waals surface area (Å²) in [5.41, 5.74) is 0.715. The molecule has 0 aromatic carbocycles. The van der Waals surface area contributed by atoms with Gasteiger partial charge < -0.3 is 10.6 Å². The first-order chi connectivity index (χ1) is 9.11. The maximum absolute atomic E-state index is 6.00. The van der Waals surface area contributed by atoms with E-state index in [1.807, 2.05) is 6.20 Å². The molecule has 7 heteroatoms. The third kappa shape index (κ3) is 3.33. The van der Waals surface area contributed by atoms with Crippen LogP contribution in [0.3, 0.4) is 0 Å². The second-order valence-electron chi connectivity index (χ2n) is 4.23. The lowest BCUT2D eigenvalue weighted by Gasteiger charge is -2.13. The molecule has 2 rings (SSSR count). The predicted molar refractivity (Wildman–Crippen MR) is 80.3 cm³/mol. The Hall–Kier alpha value is -1.40. The highest BCUT2D eigenvalue weighted by molar-refractivity contribution is 7.11. The minimum atomic E-state index is 0.317. The molecule has 19 heavy (non-hydrogen) atoms. The Morgan fingerprint density at radius 3 is 2.79 bits per heavy atom. The number of hydrogen-bond donors (Lipinski definition) is 2. The van der Waals surface area contributed by atoms with Crippen molar-refractivity contribution in [3.63, 3.8) is 0 Å². The van der Waals surface area contributed by atoms with E-state index in [0.717, 1.165) is 11.6 Å². The van der Waals surface area contributed by atoms with Crippen molar-refractivity contribution in [2.24, 2.45) is 0 Å². The van der Waals surface area contributed by atoms with Gasteiger partial charge in [-0.1, -0.05) is 18.5 Å². The first-order valence-electron chi connectivity index (χ1n) is 5.96. The summed E-state index contributed by atoms with van der Waals surface area (Å²) in [5, 5.41) is 7.82. The van der Waals surface area contributed by atoms with Crippen molar-refractivity contribution < 1.29 is 0 Å². The number of rotatable bonds is 5. The van der Waals surface area contributed by atoms with E-state index in [2.05, 4.69) is 39.4 Å². The minimum Gasteiger partial charge on any atom is -0.383 e. The maximum Gasteiger partial charge on any atom is 0.157 e. The van der Waals surface area contributed by atoms with Gasteiger partial charge in [-0.2, -0.15) is 0 Å². The lowest BCUT2D eigenvalue weighted by Crippen LogP contribution is -2.12. The highest BCUT2D eigenvalue weighted by atomic mass is 35.5. The lowest BCUT2D eigenvalue weighted by molar-refractivity contribution is 0.791. The van der Waals surface area contributed by atoms with E-state index < -0.39 is 0 Å². The topological polar surface area (TPSA) is 62.7 Å². The highest BCUT2D eigenvalue weighted by Crippen LogP contribution is 2.27. The monoisotopic (exact) mass is 297 g/mol. The van der Waals surface area contributed by atoms with Gasteiger partial charge in [0.05, 0.1) is 5.01 Å². The molecule has 1 unspecified atom stereocenters. The predicted octanol–water partition coefficient (Wildman–Crippen LogP) is 3.15. The van der Waals surface area contributed by atoms with Crippen LogP contribution in [0, 0.1) is 6.92 Å². The Balaban J connectivity index is 2.04. The van der Waals surface area contributed by atoms with Crippen LogP contribution in [0.2, 0.25) is 5.15 Å². The van der Waals surface area contributed by atoms with Crippen molar-refractivity contribution in [1.82, 2.24) is 15.0 Å². The molecule has 2 heterocycles. The number of aromatic nitrogens is 3. The minimum absolute atomic E-state index is 0.317. The Bertz CT molecular complexity index is 557. The number of nitrogens with zero attached hydrogens (tertiary/aromatic N) is 3. The molecule has 2 aromatic rings. The Morgan fingerprint density at radius 2 is 2.16 bits per heavy atom. The molecule has 0 saturated heterocycles. The third-order valence-corrected chi connectivity index (χ3v) is 4.12. The van der Waals surface area contributed by atoms with E-state index in [4.69, 9.17) is 11.6 Å². The molecule has 0 saturated carbocycles. The van der Waals surface area contributed by atoms with Crippen LogP contribution in [0.4, 0.5) is 11.5 Å². The van der Waals surface area contributed by atoms with Crippen molar-refractivity contribution in [2.45, 2.75) is 19.8 Å². The molecule has 0 fully saturated rings. The zero-order chi connectivity index (χ0) is 13.8. The van der Waals surface area contributed by atoms with E-state index >= 15 is 0 Å². The average Bonchev–Trinajstić information content (AvgIpc) is 2.83. The fourth-order valence-corrected chi connectivity index (χ4v) is 2.71. The highest BCUT2D eigenvalue weighted by Gasteiger charge is 2.12. The smallest absolute Gasteiger partial charge is 0.157 e. The second-order valence-corrected chi connectivity index (χ2v) is 5.85. The van der Waals surface area contributed by atoms with Crippen molar-refractivity contribution in [3.05, 3.63) is 27.6 Å². The van der Waals surface area contributed by atoms with Crippen molar-refractivity contribution in [1.29, 1.82) is 0 Å². The molecule has 2 aromatic heterocycles. The van der Waals surface area contributed by atoms with Crippen LogP contribution < -0.4 is 10.6 Å². The van der Waals surface area contributed by atoms with Gasteiger partial charge in [-0.3, -0.25) is 0 Å². The summed E-state index contributed by atoms with van der Waals surface area (Å²) in [7, 11) is 1.80. The van der Waals surface area contributed by atoms with Gasteiger partial charge in [0.15, 0.2) is 11.0 Å². The first kappa shape index (κ1) is 14.0. The normalized spacial score (nSPS) is 12.2. The van der Waals surface area contributed by atoms with E-state index in [1.54, 1.807) is 18.4 Å². The largest absolute Gasteiger partial charge is 0.383 e. The van der Waals surface area contributed by atoms with Gasteiger partial charge in [0.2, 0.25) is 0 Å². The number of nitrogens with one attached hydrogen (secondary N) is 2. The lowest BCUT2D eigenvalue weighted by atomic mass is 10.2. The van der Waals surface area contributed by atoms with Gasteiger partial charge >= 0.3 is 0 Å². The summed E-state index contributed by atoms with van der Waals surface area (Å²) in [6, 6.07) is 0. The number of anilines is 2. The zero-order valence-electron chi connectivity index (χ0n) is 11.1. The molecule has 102 valence electrons. The summed E-state index contributed by atoms with van der Waals surface area (Å²) >= 11 is 7.72. The molecule has 1 atom stereocenters. The summed E-state index contributed by atoms with van der Waals surface area (Å²) in [4.78, 5) is 13.8. The molecular weight excluding hydrogens is 282 g/mol. The van der Waals surface area contributed by atoms with Gasteiger partial charge in [0.1, 0.15) is 12.0 Å². The molecule has 0 spiro atoms. The molecule has 2 N–H and O–H groups in total. The maximum atomic E-state index is 6.00. The fourth-order valence-electron chi connectivity index (χ4n) is 1.66. The van der Waals surface area contributed by atoms with Crippen LogP contribution in [0.15, 0.2) is 12.5 Å². The Labute approximate surface area is 121 Å². The Morgan fingerprint density at radius 1 is 1.37 bits per heavy atom. The van der Waals surface area contributed by atoms with Crippen LogP contribution >= 0.6 is 22.9 Å². The summed E-state index contributed by atoms with van der Waals surface area (Å²) in [6.07, 6.45) is 3.35. The molecule has 0 aliphatic rings. The van der Waals surface area contributed by atoms with E-state index in [0.29, 0.717) is 22.6 Å². The van der Waals surface area contributed by atoms with Crippen molar-refractivity contribution in [3.8, 4) is 0 Å². The molecular formula is C12H16ClN5S. The number of aryl methyl sites for hydroxylation is 1. The Kier molecular flexibility index (Phi) is 4.55. The summed E-state index contributed by atoms with van der Waals surface area (Å²) < 4.78 is 0. The van der Waals surface area contributed by atoms with Crippen LogP contribution in [0.25, 0.3) is 0 Å². The first-order valence-corrected chi connectivity index (χ1v) is 7.15. The molecule has 0 bridgehead atoms. The molecule has 0 radical (unpaired) electrons. The second kappa shape index (κ2) is 6.16. The SMILES string of the molecule is CNc1c(Cl)ncnc1NCC(C)c1ncc(C)s1. The summed E-state index contributed by atoms with van der Waals surface area (Å²) in [5.74, 6) is 1.03. The average molecular weight is 298 g/mol. The van der Waals surface area contributed by atoms with Gasteiger partial charge in [0, 0.05) is 30.6 Å². The van der Waals surface area contributed by atoms with Gasteiger partial charge in [-0.25, -0.2) is 15.0 Å². The molecule has 0 aliphatic carbocycles. The molecule has 0 aliphatic heterocycles. The fraction of sp³-hybridized carbons (Fsp3) is 0.417. The zero-order valence-corrected chi connectivity index (χ0v) is 12.6. The standard InChI is InChI=1S/C12H16ClN5S/c1-7(12-16-5-8(2)19-12)4-15-11-9(14-3)10(13)17-6-18-11/h5-7,14H,4H2,1-3H3,(H,15,17,18). The molecule has 5 nitrogen and oxygen atoms in total. The van der Waals surface area contributed by atoms with Crippen molar-refractivity contribution in [2.75, 3.05) is 24.2 Å². The molecule has 0 amide bonds. The number of halogens is 1. The number of hydrogen-bond acceptors (Lipinski definition) is 6. The van der Waals surface area contributed by atoms with Gasteiger partial charge in [-0.15, -0.1) is 11.3 Å². The quantitative estimate of drug-likeness (QED) is 0.830. The number of thiazole rings is 1. The summed E-state index contributed by atoms with van der Waals surface area (Å²) in [6.45, 7) is 4.94. The van der Waals surface area contributed by atoms with Crippen LogP contribution in [0.1, 0.15) is 22.7 Å². The van der Waals surface area contributed by atoms with Crippen LogP contribution in [-0.2, 0) is 0 Å². The van der Waals surface area contributed by atoms with Gasteiger partial charge in [-0.05, 0) is 6.92 Å². The van der Waals surface area contributed by atoms with E-state index in [9.17, 15) is 0 Å². The van der Waals surface area contributed by atoms with Crippen LogP contribution in [-0.4, -0.2) is 28.5 Å². The van der Waals surface area contributed by atoms with E-state index in [1.165, 1.54) is 11.2 Å². The van der Waals surface area contributed by atoms with Crippen LogP contribution in [0.5, 0.6) is 0 Å². The third-order valence-electron chi connectivity index (χ3n) is 2.69.